The van der Waals surface area contributed by atoms with Crippen LogP contribution in [0.2, 0.25) is 0 Å². The molecule has 0 N–H and O–H groups in total. The number of hydrogen-bond acceptors (Lipinski definition) is 6. The molecule has 4 aromatic rings. The van der Waals surface area contributed by atoms with Gasteiger partial charge in [-0.1, -0.05) is 436 Å². The minimum atomic E-state index is -4.54. The Bertz CT molecular complexity index is 2500. The van der Waals surface area contributed by atoms with E-state index in [0.717, 1.165) is 110 Å². The van der Waals surface area contributed by atoms with E-state index in [2.05, 4.69) is 39.8 Å². The average molecular weight is 1510 g/mol. The van der Waals surface area contributed by atoms with Gasteiger partial charge in [-0.25, -0.2) is 16.8 Å². The van der Waals surface area contributed by atoms with Gasteiger partial charge in [0, 0.05) is 10.8 Å². The summed E-state index contributed by atoms with van der Waals surface area (Å²) < 4.78 is 74.5. The Morgan fingerprint density at radius 2 is 0.412 bits per heavy atom. The first-order chi connectivity index (χ1) is 46.9. The fourth-order valence-corrected chi connectivity index (χ4v) is 16.5. The first-order valence-electron chi connectivity index (χ1n) is 41.9. The Balaban J connectivity index is 0.000000653. The zero-order valence-electron chi connectivity index (χ0n) is 64.0. The van der Waals surface area contributed by atoms with Crippen LogP contribution < -0.4 is 0 Å². The third kappa shape index (κ3) is 47.7. The Kier molecular flexibility index (Phi) is 59.9. The fourth-order valence-electron chi connectivity index (χ4n) is 14.9. The Morgan fingerprint density at radius 1 is 0.237 bits per heavy atom. The molecule has 0 heterocycles. The average Bonchev–Trinajstić information content (AvgIpc) is 0.791. The van der Waals surface area contributed by atoms with Gasteiger partial charge < -0.3 is 9.11 Å². The summed E-state index contributed by atoms with van der Waals surface area (Å²) in [5, 5.41) is 3.14. The largest absolute Gasteiger partial charge is 2.00 e. The van der Waals surface area contributed by atoms with Crippen LogP contribution in [0.15, 0.2) is 70.5 Å². The zero-order chi connectivity index (χ0) is 69.1. The Labute approximate surface area is 642 Å². The van der Waals surface area contributed by atoms with Crippen molar-refractivity contribution in [3.63, 3.8) is 0 Å². The van der Waals surface area contributed by atoms with Crippen molar-refractivity contribution >= 4 is 90.7 Å². The summed E-state index contributed by atoms with van der Waals surface area (Å²) in [4.78, 5) is -0.0139. The molecular formula is C88H150BaO6S2. The molecule has 9 heteroatoms. The van der Waals surface area contributed by atoms with Gasteiger partial charge in [-0.15, -0.1) is 0 Å². The second kappa shape index (κ2) is 63.3. The van der Waals surface area contributed by atoms with Crippen molar-refractivity contribution in [3.8, 4) is 0 Å². The second-order valence-electron chi connectivity index (χ2n) is 29.9. The van der Waals surface area contributed by atoms with Gasteiger partial charge >= 0.3 is 48.9 Å². The van der Waals surface area contributed by atoms with Crippen molar-refractivity contribution in [2.75, 3.05) is 0 Å². The summed E-state index contributed by atoms with van der Waals surface area (Å²) in [6.45, 7) is 9.12. The summed E-state index contributed by atoms with van der Waals surface area (Å²) in [6.07, 6.45) is 83.1. The predicted molar refractivity (Wildman–Crippen MR) is 424 cm³/mol. The molecule has 0 unspecified atom stereocenters. The predicted octanol–water partition coefficient (Wildman–Crippen LogP) is 28.8. The Morgan fingerprint density at radius 3 is 0.598 bits per heavy atom. The van der Waals surface area contributed by atoms with Gasteiger partial charge in [0.2, 0.25) is 0 Å². The normalized spacial score (nSPS) is 11.9. The number of hydrogen-bond donors (Lipinski definition) is 0. The van der Waals surface area contributed by atoms with E-state index in [-0.39, 0.29) is 58.7 Å². The molecule has 97 heavy (non-hydrogen) atoms. The van der Waals surface area contributed by atoms with Crippen LogP contribution in [0.25, 0.3) is 21.5 Å². The van der Waals surface area contributed by atoms with Gasteiger partial charge in [0.1, 0.15) is 20.2 Å². The standard InChI is InChI=1S/2C44H76O3S.Ba/c2*1-3-5-7-9-11-13-15-17-19-21-23-25-27-29-31-34-40-38-42-37-33-36-41(44(42)43(39-40)48(45,46)47)35-32-30-28-26-24-22-20-18-16-14-12-10-8-6-4-2;/h2*33,36-39H,3-32,34-35H2,1-2H3,(H,45,46,47);/q;;+2/p-2. The molecule has 0 bridgehead atoms. The summed E-state index contributed by atoms with van der Waals surface area (Å²) in [6, 6.07) is 19.7. The van der Waals surface area contributed by atoms with Gasteiger partial charge in [-0.3, -0.25) is 0 Å². The van der Waals surface area contributed by atoms with Crippen molar-refractivity contribution in [3.05, 3.63) is 82.9 Å². The molecule has 0 aliphatic heterocycles. The third-order valence-electron chi connectivity index (χ3n) is 20.9. The van der Waals surface area contributed by atoms with Crippen molar-refractivity contribution in [1.82, 2.24) is 0 Å². The maximum Gasteiger partial charge on any atom is 2.00 e. The van der Waals surface area contributed by atoms with Crippen molar-refractivity contribution in [1.29, 1.82) is 0 Å². The zero-order valence-corrected chi connectivity index (χ0v) is 70.1. The number of benzene rings is 4. The van der Waals surface area contributed by atoms with Crippen LogP contribution >= 0.6 is 0 Å². The van der Waals surface area contributed by atoms with Crippen molar-refractivity contribution < 1.29 is 25.9 Å². The van der Waals surface area contributed by atoms with E-state index in [1.54, 1.807) is 12.1 Å². The molecule has 0 saturated heterocycles. The van der Waals surface area contributed by atoms with Crippen LogP contribution in [0.1, 0.15) is 435 Å². The molecule has 0 spiro atoms. The maximum atomic E-state index is 12.4. The van der Waals surface area contributed by atoms with E-state index < -0.39 is 20.2 Å². The topological polar surface area (TPSA) is 114 Å². The molecule has 4 aromatic carbocycles. The second-order valence-corrected chi connectivity index (χ2v) is 32.6. The van der Waals surface area contributed by atoms with Crippen LogP contribution in [0.3, 0.4) is 0 Å². The number of rotatable bonds is 66. The SMILES string of the molecule is CCCCCCCCCCCCCCCCCc1cc(S(=O)(=O)[O-])c2c(CCCCCCCCCCCCCCCCC)cccc2c1.CCCCCCCCCCCCCCCCCc1cc(S(=O)(=O)[O-])c2c(CCCCCCCCCCCCCCCCC)cccc2c1.[Ba+2]. The van der Waals surface area contributed by atoms with Crippen LogP contribution in [0.5, 0.6) is 0 Å². The van der Waals surface area contributed by atoms with Gasteiger partial charge in [-0.05, 0) is 96.5 Å². The molecule has 0 aliphatic rings. The molecule has 0 aliphatic carbocycles. The quantitative estimate of drug-likeness (QED) is 0.0247. The van der Waals surface area contributed by atoms with Gasteiger partial charge in [-0.2, -0.15) is 0 Å². The van der Waals surface area contributed by atoms with Crippen LogP contribution in [0, 0.1) is 0 Å². The molecule has 4 rings (SSSR count). The molecule has 0 radical (unpaired) electrons. The number of aryl methyl sites for hydroxylation is 4. The summed E-state index contributed by atoms with van der Waals surface area (Å²) in [5.74, 6) is 0. The first-order valence-corrected chi connectivity index (χ1v) is 44.8. The van der Waals surface area contributed by atoms with Crippen LogP contribution in [0.4, 0.5) is 0 Å². The molecular weight excluding hydrogens is 1350 g/mol. The molecule has 0 fully saturated rings. The van der Waals surface area contributed by atoms with Gasteiger partial charge in [0.15, 0.2) is 0 Å². The smallest absolute Gasteiger partial charge is 0.744 e. The van der Waals surface area contributed by atoms with E-state index in [1.165, 1.54) is 334 Å². The maximum absolute atomic E-state index is 12.4. The third-order valence-corrected chi connectivity index (χ3v) is 22.7. The molecule has 0 aromatic heterocycles. The monoisotopic (exact) mass is 1500 g/mol. The summed E-state index contributed by atoms with van der Waals surface area (Å²) in [7, 11) is -9.09. The minimum absolute atomic E-state index is 0. The van der Waals surface area contributed by atoms with Gasteiger partial charge in [0.25, 0.3) is 0 Å². The van der Waals surface area contributed by atoms with E-state index >= 15 is 0 Å². The fraction of sp³-hybridized carbons (Fsp3) is 0.773. The van der Waals surface area contributed by atoms with E-state index in [0.29, 0.717) is 10.8 Å². The Hall–Kier alpha value is -1.21. The first kappa shape index (κ1) is 91.9. The van der Waals surface area contributed by atoms with Crippen LogP contribution in [-0.2, 0) is 45.9 Å². The summed E-state index contributed by atoms with van der Waals surface area (Å²) in [5.41, 5.74) is 3.98. The minimum Gasteiger partial charge on any atom is -0.744 e. The van der Waals surface area contributed by atoms with Crippen molar-refractivity contribution in [2.45, 2.75) is 448 Å². The number of fused-ring (bicyclic) bond motifs is 2. The number of unbranched alkanes of at least 4 members (excludes halogenated alkanes) is 56. The van der Waals surface area contributed by atoms with Crippen molar-refractivity contribution in [2.24, 2.45) is 0 Å². The van der Waals surface area contributed by atoms with E-state index in [4.69, 9.17) is 0 Å². The van der Waals surface area contributed by atoms with Gasteiger partial charge in [0.05, 0.1) is 9.79 Å². The molecule has 0 saturated carbocycles. The van der Waals surface area contributed by atoms with E-state index in [9.17, 15) is 25.9 Å². The van der Waals surface area contributed by atoms with E-state index in [1.807, 2.05) is 36.4 Å². The van der Waals surface area contributed by atoms with Crippen LogP contribution in [-0.4, -0.2) is 74.8 Å². The molecule has 552 valence electrons. The summed E-state index contributed by atoms with van der Waals surface area (Å²) >= 11 is 0. The molecule has 0 amide bonds. The molecule has 6 nitrogen and oxygen atoms in total. The molecule has 0 atom stereocenters.